The van der Waals surface area contributed by atoms with Crippen molar-refractivity contribution in [2.75, 3.05) is 19.6 Å². The van der Waals surface area contributed by atoms with Gasteiger partial charge in [0.25, 0.3) is 0 Å². The average Bonchev–Trinajstić information content (AvgIpc) is 2.43. The molecular weight excluding hydrogens is 216 g/mol. The van der Waals surface area contributed by atoms with E-state index >= 15 is 0 Å². The third-order valence-electron chi connectivity index (χ3n) is 3.94. The van der Waals surface area contributed by atoms with Gasteiger partial charge >= 0.3 is 5.97 Å². The number of hydrogen-bond donors (Lipinski definition) is 2. The van der Waals surface area contributed by atoms with Gasteiger partial charge in [0.05, 0.1) is 0 Å². The minimum absolute atomic E-state index is 0.204. The zero-order valence-corrected chi connectivity index (χ0v) is 11.3. The van der Waals surface area contributed by atoms with Crippen molar-refractivity contribution in [3.05, 3.63) is 0 Å². The van der Waals surface area contributed by atoms with Crippen molar-refractivity contribution in [1.82, 2.24) is 4.90 Å². The smallest absolute Gasteiger partial charge is 0.322 e. The van der Waals surface area contributed by atoms with Gasteiger partial charge in [0.1, 0.15) is 6.04 Å². The minimum atomic E-state index is -0.790. The molecule has 0 aromatic heterocycles. The highest BCUT2D eigenvalue weighted by molar-refractivity contribution is 5.73. The Morgan fingerprint density at radius 3 is 2.53 bits per heavy atom. The van der Waals surface area contributed by atoms with E-state index in [1.54, 1.807) is 0 Å². The van der Waals surface area contributed by atoms with Gasteiger partial charge in [0.2, 0.25) is 0 Å². The summed E-state index contributed by atoms with van der Waals surface area (Å²) in [5, 5.41) is 9.12. The summed E-state index contributed by atoms with van der Waals surface area (Å²) in [6.07, 6.45) is 3.34. The first-order chi connectivity index (χ1) is 7.86. The maximum absolute atomic E-state index is 11.1. The molecule has 4 nitrogen and oxygen atoms in total. The lowest BCUT2D eigenvalue weighted by atomic mass is 9.77. The summed E-state index contributed by atoms with van der Waals surface area (Å²) in [6, 6.07) is -0.506. The quantitative estimate of drug-likeness (QED) is 0.788. The molecule has 0 bridgehead atoms. The van der Waals surface area contributed by atoms with Crippen LogP contribution in [0.15, 0.2) is 0 Å². The van der Waals surface area contributed by atoms with E-state index in [9.17, 15) is 4.79 Å². The van der Waals surface area contributed by atoms with Crippen LogP contribution in [0.25, 0.3) is 0 Å². The molecule has 1 rings (SSSR count). The number of carboxylic acids is 1. The molecule has 1 heterocycles. The maximum atomic E-state index is 11.1. The molecule has 0 aromatic carbocycles. The molecule has 0 radical (unpaired) electrons. The van der Waals surface area contributed by atoms with Gasteiger partial charge in [-0.3, -0.25) is 9.69 Å². The Bertz CT molecular complexity index is 261. The molecule has 0 saturated carbocycles. The fraction of sp³-hybridized carbons (Fsp3) is 0.923. The number of aliphatic carboxylic acids is 1. The number of hydrogen-bond acceptors (Lipinski definition) is 3. The summed E-state index contributed by atoms with van der Waals surface area (Å²) >= 11 is 0. The fourth-order valence-corrected chi connectivity index (χ4v) is 2.70. The topological polar surface area (TPSA) is 66.6 Å². The van der Waals surface area contributed by atoms with Crippen LogP contribution in [0.4, 0.5) is 0 Å². The molecule has 2 atom stereocenters. The fourth-order valence-electron chi connectivity index (χ4n) is 2.70. The standard InChI is InChI=1S/C13H26N2O2/c1-13(2,3)10-5-4-7-15(8-6-10)11(9-14)12(16)17/h10-11H,4-9,14H2,1-3H3,(H,16,17). The van der Waals surface area contributed by atoms with E-state index in [0.717, 1.165) is 25.9 Å². The number of carbonyl (C=O) groups is 1. The predicted molar refractivity (Wildman–Crippen MR) is 68.8 cm³/mol. The molecule has 2 unspecified atom stereocenters. The molecule has 0 aliphatic carbocycles. The Morgan fingerprint density at radius 2 is 2.06 bits per heavy atom. The third-order valence-corrected chi connectivity index (χ3v) is 3.94. The van der Waals surface area contributed by atoms with Gasteiger partial charge < -0.3 is 10.8 Å². The molecule has 100 valence electrons. The van der Waals surface area contributed by atoms with Gasteiger partial charge in [-0.25, -0.2) is 0 Å². The Balaban J connectivity index is 2.61. The van der Waals surface area contributed by atoms with Crippen molar-refractivity contribution < 1.29 is 9.90 Å². The lowest BCUT2D eigenvalue weighted by Gasteiger charge is -2.30. The van der Waals surface area contributed by atoms with Gasteiger partial charge in [0.15, 0.2) is 0 Å². The zero-order chi connectivity index (χ0) is 13.1. The second-order valence-electron chi connectivity index (χ2n) is 6.12. The van der Waals surface area contributed by atoms with E-state index in [0.29, 0.717) is 11.3 Å². The van der Waals surface area contributed by atoms with Crippen LogP contribution in [-0.2, 0) is 4.79 Å². The van der Waals surface area contributed by atoms with Crippen LogP contribution < -0.4 is 5.73 Å². The first-order valence-electron chi connectivity index (χ1n) is 6.53. The first kappa shape index (κ1) is 14.5. The van der Waals surface area contributed by atoms with Crippen molar-refractivity contribution in [2.45, 2.75) is 46.1 Å². The molecule has 3 N–H and O–H groups in total. The molecule has 0 amide bonds. The van der Waals surface area contributed by atoms with Crippen LogP contribution >= 0.6 is 0 Å². The first-order valence-corrected chi connectivity index (χ1v) is 6.53. The van der Waals surface area contributed by atoms with E-state index in [1.165, 1.54) is 6.42 Å². The molecule has 4 heteroatoms. The number of carboxylic acid groups (broad SMARTS) is 1. The van der Waals surface area contributed by atoms with Gasteiger partial charge in [-0.1, -0.05) is 20.8 Å². The highest BCUT2D eigenvalue weighted by Crippen LogP contribution is 2.34. The summed E-state index contributed by atoms with van der Waals surface area (Å²) in [5.74, 6) is -0.110. The summed E-state index contributed by atoms with van der Waals surface area (Å²) in [5.41, 5.74) is 5.87. The maximum Gasteiger partial charge on any atom is 0.322 e. The highest BCUT2D eigenvalue weighted by atomic mass is 16.4. The molecule has 17 heavy (non-hydrogen) atoms. The van der Waals surface area contributed by atoms with Crippen LogP contribution in [-0.4, -0.2) is 41.7 Å². The van der Waals surface area contributed by atoms with Crippen LogP contribution in [0.5, 0.6) is 0 Å². The molecule has 0 spiro atoms. The van der Waals surface area contributed by atoms with Gasteiger partial charge in [-0.2, -0.15) is 0 Å². The summed E-state index contributed by atoms with van der Waals surface area (Å²) in [7, 11) is 0. The van der Waals surface area contributed by atoms with Gasteiger partial charge in [-0.05, 0) is 43.7 Å². The molecule has 1 fully saturated rings. The van der Waals surface area contributed by atoms with E-state index < -0.39 is 12.0 Å². The van der Waals surface area contributed by atoms with Crippen LogP contribution in [0.2, 0.25) is 0 Å². The summed E-state index contributed by atoms with van der Waals surface area (Å²) < 4.78 is 0. The van der Waals surface area contributed by atoms with E-state index in [-0.39, 0.29) is 6.54 Å². The van der Waals surface area contributed by atoms with Gasteiger partial charge in [0, 0.05) is 6.54 Å². The summed E-state index contributed by atoms with van der Waals surface area (Å²) in [4.78, 5) is 13.1. The van der Waals surface area contributed by atoms with Crippen molar-refractivity contribution in [3.63, 3.8) is 0 Å². The van der Waals surface area contributed by atoms with E-state index in [1.807, 2.05) is 4.90 Å². The lowest BCUT2D eigenvalue weighted by Crippen LogP contribution is -2.46. The Hall–Kier alpha value is -0.610. The van der Waals surface area contributed by atoms with Crippen molar-refractivity contribution >= 4 is 5.97 Å². The molecule has 0 aromatic rings. The molecule has 1 saturated heterocycles. The second kappa shape index (κ2) is 5.83. The van der Waals surface area contributed by atoms with Crippen molar-refractivity contribution in [2.24, 2.45) is 17.1 Å². The van der Waals surface area contributed by atoms with Crippen molar-refractivity contribution in [3.8, 4) is 0 Å². The van der Waals surface area contributed by atoms with Crippen molar-refractivity contribution in [1.29, 1.82) is 0 Å². The minimum Gasteiger partial charge on any atom is -0.480 e. The highest BCUT2D eigenvalue weighted by Gasteiger charge is 2.31. The van der Waals surface area contributed by atoms with Crippen LogP contribution in [0, 0.1) is 11.3 Å². The monoisotopic (exact) mass is 242 g/mol. The van der Waals surface area contributed by atoms with Crippen LogP contribution in [0.3, 0.4) is 0 Å². The molecule has 1 aliphatic rings. The summed E-state index contributed by atoms with van der Waals surface area (Å²) in [6.45, 7) is 8.73. The largest absolute Gasteiger partial charge is 0.480 e. The second-order valence-corrected chi connectivity index (χ2v) is 6.12. The predicted octanol–water partition coefficient (Wildman–Crippen LogP) is 1.55. The Labute approximate surface area is 104 Å². The number of nitrogens with zero attached hydrogens (tertiary/aromatic N) is 1. The Kier molecular flexibility index (Phi) is 4.95. The normalized spacial score (nSPS) is 25.3. The number of likely N-dealkylation sites (tertiary alicyclic amines) is 1. The van der Waals surface area contributed by atoms with Crippen LogP contribution in [0.1, 0.15) is 40.0 Å². The third kappa shape index (κ3) is 3.96. The van der Waals surface area contributed by atoms with E-state index in [2.05, 4.69) is 20.8 Å². The van der Waals surface area contributed by atoms with Gasteiger partial charge in [-0.15, -0.1) is 0 Å². The molecule has 1 aliphatic heterocycles. The number of nitrogens with two attached hydrogens (primary N) is 1. The molecular formula is C13H26N2O2. The Morgan fingerprint density at radius 1 is 1.41 bits per heavy atom. The zero-order valence-electron chi connectivity index (χ0n) is 11.3. The lowest BCUT2D eigenvalue weighted by molar-refractivity contribution is -0.142. The SMILES string of the molecule is CC(C)(C)C1CCCN(C(CN)C(=O)O)CC1. The number of rotatable bonds is 3. The average molecular weight is 242 g/mol. The van der Waals surface area contributed by atoms with E-state index in [4.69, 9.17) is 10.8 Å².